The van der Waals surface area contributed by atoms with Crippen LogP contribution in [0.25, 0.3) is 11.3 Å². The van der Waals surface area contributed by atoms with Crippen molar-refractivity contribution >= 4 is 12.0 Å². The van der Waals surface area contributed by atoms with Crippen LogP contribution in [0.3, 0.4) is 0 Å². The molecule has 0 spiro atoms. The number of rotatable bonds is 2. The van der Waals surface area contributed by atoms with E-state index in [1.165, 1.54) is 24.3 Å². The first-order chi connectivity index (χ1) is 7.58. The molecule has 0 saturated heterocycles. The molecule has 1 heterocycles. The van der Waals surface area contributed by atoms with Crippen LogP contribution in [0.5, 0.6) is 0 Å². The first-order valence-electron chi connectivity index (χ1n) is 4.33. The van der Waals surface area contributed by atoms with Crippen LogP contribution in [0.2, 0.25) is 0 Å². The molecule has 0 aliphatic carbocycles. The second-order valence-electron chi connectivity index (χ2n) is 3.04. The highest BCUT2D eigenvalue weighted by molar-refractivity contribution is 5.92. The molecule has 16 heavy (non-hydrogen) atoms. The van der Waals surface area contributed by atoms with Crippen molar-refractivity contribution in [2.75, 3.05) is 5.73 Å². The normalized spacial score (nSPS) is 10.3. The molecule has 0 unspecified atom stereocenters. The Balaban J connectivity index is 2.55. The fraction of sp³-hybridized carbons (Fsp3) is 0. The summed E-state index contributed by atoms with van der Waals surface area (Å²) in [6, 6.07) is 4.97. The Bertz CT molecular complexity index is 533. The molecule has 2 aromatic rings. The van der Waals surface area contributed by atoms with E-state index in [-0.39, 0.29) is 17.5 Å². The van der Waals surface area contributed by atoms with Crippen molar-refractivity contribution in [3.63, 3.8) is 0 Å². The van der Waals surface area contributed by atoms with Gasteiger partial charge in [-0.3, -0.25) is 0 Å². The molecule has 1 aromatic heterocycles. The smallest absolute Gasteiger partial charge is 0.374 e. The van der Waals surface area contributed by atoms with Crippen molar-refractivity contribution in [2.45, 2.75) is 0 Å². The zero-order valence-corrected chi connectivity index (χ0v) is 7.98. The zero-order valence-electron chi connectivity index (χ0n) is 7.98. The van der Waals surface area contributed by atoms with E-state index in [0.29, 0.717) is 5.56 Å². The molecule has 0 fully saturated rings. The molecule has 2 rings (SSSR count). The van der Waals surface area contributed by atoms with Gasteiger partial charge in [-0.15, -0.1) is 0 Å². The molecular weight excluding hydrogens is 215 g/mol. The molecule has 3 N–H and O–H groups in total. The van der Waals surface area contributed by atoms with E-state index >= 15 is 0 Å². The molecule has 0 radical (unpaired) electrons. The van der Waals surface area contributed by atoms with E-state index in [0.717, 1.165) is 0 Å². The lowest BCUT2D eigenvalue weighted by molar-refractivity contribution is 0.0665. The summed E-state index contributed by atoms with van der Waals surface area (Å²) in [7, 11) is 0. The average molecular weight is 222 g/mol. The van der Waals surface area contributed by atoms with Crippen LogP contribution in [0.4, 0.5) is 10.4 Å². The van der Waals surface area contributed by atoms with Crippen molar-refractivity contribution in [3.8, 4) is 11.3 Å². The lowest BCUT2D eigenvalue weighted by Gasteiger charge is -1.96. The predicted octanol–water partition coefficient (Wildman–Crippen LogP) is 1.76. The Morgan fingerprint density at radius 3 is 2.56 bits per heavy atom. The summed E-state index contributed by atoms with van der Waals surface area (Å²) in [6.07, 6.45) is 0. The van der Waals surface area contributed by atoms with Gasteiger partial charge in [0.15, 0.2) is 0 Å². The van der Waals surface area contributed by atoms with Crippen LogP contribution >= 0.6 is 0 Å². The maximum absolute atomic E-state index is 12.7. The summed E-state index contributed by atoms with van der Waals surface area (Å²) >= 11 is 0. The van der Waals surface area contributed by atoms with Crippen LogP contribution in [-0.4, -0.2) is 16.1 Å². The largest absolute Gasteiger partial charge is 0.475 e. The fourth-order valence-electron chi connectivity index (χ4n) is 1.29. The molecule has 0 bridgehead atoms. The second kappa shape index (κ2) is 3.65. The third-order valence-electron chi connectivity index (χ3n) is 1.96. The number of nitrogens with zero attached hydrogens (tertiary/aromatic N) is 1. The zero-order chi connectivity index (χ0) is 11.7. The van der Waals surface area contributed by atoms with E-state index in [1.807, 2.05) is 0 Å². The number of oxazole rings is 1. The molecule has 0 aliphatic heterocycles. The lowest BCUT2D eigenvalue weighted by Crippen LogP contribution is -1.96. The Hall–Kier alpha value is -2.37. The number of carboxylic acid groups (broad SMARTS) is 1. The van der Waals surface area contributed by atoms with Gasteiger partial charge < -0.3 is 15.3 Å². The number of benzene rings is 1. The number of nitrogen functional groups attached to an aromatic ring is 1. The first kappa shape index (κ1) is 10.2. The number of nitrogens with two attached hydrogens (primary N) is 1. The number of aromatic carboxylic acids is 1. The fourth-order valence-corrected chi connectivity index (χ4v) is 1.29. The van der Waals surface area contributed by atoms with Gasteiger partial charge in [0, 0.05) is 5.56 Å². The minimum absolute atomic E-state index is 0.0880. The van der Waals surface area contributed by atoms with Crippen molar-refractivity contribution < 1.29 is 18.7 Å². The van der Waals surface area contributed by atoms with E-state index in [2.05, 4.69) is 4.98 Å². The van der Waals surface area contributed by atoms with E-state index < -0.39 is 11.8 Å². The number of anilines is 1. The van der Waals surface area contributed by atoms with Crippen molar-refractivity contribution in [1.29, 1.82) is 0 Å². The monoisotopic (exact) mass is 222 g/mol. The number of carbonyl (C=O) groups is 1. The third-order valence-corrected chi connectivity index (χ3v) is 1.96. The van der Waals surface area contributed by atoms with Gasteiger partial charge in [-0.25, -0.2) is 9.18 Å². The minimum atomic E-state index is -1.27. The van der Waals surface area contributed by atoms with Gasteiger partial charge in [0.1, 0.15) is 11.5 Å². The standard InChI is InChI=1S/C10H7FN2O3/c11-6-3-1-5(2-4-6)7-8(9(14)15)16-10(12)13-7/h1-4H,(H2,12,13)(H,14,15). The molecule has 1 aromatic carbocycles. The molecule has 5 nitrogen and oxygen atoms in total. The summed E-state index contributed by atoms with van der Waals surface area (Å²) in [5.74, 6) is -2.05. The van der Waals surface area contributed by atoms with Crippen LogP contribution in [0.15, 0.2) is 28.7 Å². The van der Waals surface area contributed by atoms with Gasteiger partial charge in [0.05, 0.1) is 0 Å². The van der Waals surface area contributed by atoms with Crippen LogP contribution < -0.4 is 5.73 Å². The molecule has 0 atom stereocenters. The third kappa shape index (κ3) is 1.72. The number of hydrogen-bond acceptors (Lipinski definition) is 4. The van der Waals surface area contributed by atoms with Crippen molar-refractivity contribution in [3.05, 3.63) is 35.8 Å². The number of hydrogen-bond donors (Lipinski definition) is 2. The summed E-state index contributed by atoms with van der Waals surface area (Å²) in [5.41, 5.74) is 5.79. The van der Waals surface area contributed by atoms with Gasteiger partial charge in [-0.05, 0) is 24.3 Å². The highest BCUT2D eigenvalue weighted by Gasteiger charge is 2.19. The number of halogens is 1. The van der Waals surface area contributed by atoms with E-state index in [1.54, 1.807) is 0 Å². The Kier molecular flexibility index (Phi) is 2.32. The predicted molar refractivity (Wildman–Crippen MR) is 53.3 cm³/mol. The molecular formula is C10H7FN2O3. The summed E-state index contributed by atoms with van der Waals surface area (Å²) in [4.78, 5) is 14.6. The Labute approximate surface area is 89.3 Å². The highest BCUT2D eigenvalue weighted by Crippen LogP contribution is 2.25. The van der Waals surface area contributed by atoms with Crippen LogP contribution in [0.1, 0.15) is 10.6 Å². The maximum Gasteiger partial charge on any atom is 0.374 e. The van der Waals surface area contributed by atoms with Gasteiger partial charge in [-0.2, -0.15) is 4.98 Å². The number of aromatic nitrogens is 1. The first-order valence-corrected chi connectivity index (χ1v) is 4.33. The quantitative estimate of drug-likeness (QED) is 0.808. The topological polar surface area (TPSA) is 89.3 Å². The van der Waals surface area contributed by atoms with E-state index in [4.69, 9.17) is 15.3 Å². The van der Waals surface area contributed by atoms with Gasteiger partial charge in [-0.1, -0.05) is 0 Å². The van der Waals surface area contributed by atoms with Crippen LogP contribution in [0, 0.1) is 5.82 Å². The SMILES string of the molecule is Nc1nc(-c2ccc(F)cc2)c(C(=O)O)o1. The highest BCUT2D eigenvalue weighted by atomic mass is 19.1. The van der Waals surface area contributed by atoms with Crippen molar-refractivity contribution in [2.24, 2.45) is 0 Å². The molecule has 6 heteroatoms. The molecule has 0 amide bonds. The molecule has 82 valence electrons. The lowest BCUT2D eigenvalue weighted by atomic mass is 10.1. The number of carboxylic acids is 1. The van der Waals surface area contributed by atoms with E-state index in [9.17, 15) is 9.18 Å². The van der Waals surface area contributed by atoms with Gasteiger partial charge >= 0.3 is 5.97 Å². The van der Waals surface area contributed by atoms with Crippen molar-refractivity contribution in [1.82, 2.24) is 4.98 Å². The summed E-state index contributed by atoms with van der Waals surface area (Å²) in [6.45, 7) is 0. The minimum Gasteiger partial charge on any atom is -0.475 e. The maximum atomic E-state index is 12.7. The molecule has 0 aliphatic rings. The Morgan fingerprint density at radius 2 is 2.00 bits per heavy atom. The van der Waals surface area contributed by atoms with Gasteiger partial charge in [0.2, 0.25) is 5.76 Å². The summed E-state index contributed by atoms with van der Waals surface area (Å²) in [5, 5.41) is 8.83. The molecule has 0 saturated carbocycles. The van der Waals surface area contributed by atoms with Gasteiger partial charge in [0.25, 0.3) is 6.01 Å². The average Bonchev–Trinajstić information content (AvgIpc) is 2.61. The summed E-state index contributed by atoms with van der Waals surface area (Å²) < 4.78 is 17.4. The Morgan fingerprint density at radius 1 is 1.38 bits per heavy atom. The van der Waals surface area contributed by atoms with Crippen LogP contribution in [-0.2, 0) is 0 Å². The second-order valence-corrected chi connectivity index (χ2v) is 3.04.